The minimum absolute atomic E-state index is 0.0124. The van der Waals surface area contributed by atoms with Crippen LogP contribution in [0.2, 0.25) is 0 Å². The Morgan fingerprint density at radius 2 is 1.66 bits per heavy atom. The van der Waals surface area contributed by atoms with Gasteiger partial charge in [-0.05, 0) is 63.7 Å². The Morgan fingerprint density at radius 1 is 1.03 bits per heavy atom. The van der Waals surface area contributed by atoms with Gasteiger partial charge in [0.05, 0.1) is 22.9 Å². The first-order valence-corrected chi connectivity index (χ1v) is 12.1. The smallest absolute Gasteiger partial charge is 0.334 e. The summed E-state index contributed by atoms with van der Waals surface area (Å²) < 4.78 is 40.3. The van der Waals surface area contributed by atoms with Crippen molar-refractivity contribution in [1.29, 1.82) is 10.5 Å². The molecule has 1 amide bonds. The minimum atomic E-state index is -4.72. The van der Waals surface area contributed by atoms with Crippen LogP contribution in [-0.2, 0) is 11.0 Å². The molecule has 0 radical (unpaired) electrons. The van der Waals surface area contributed by atoms with Crippen LogP contribution in [0.25, 0.3) is 0 Å². The van der Waals surface area contributed by atoms with E-state index in [9.17, 15) is 18.0 Å². The molecular weight excluding hydrogens is 477 g/mol. The fourth-order valence-electron chi connectivity index (χ4n) is 4.47. The Hall–Kier alpha value is -2.89. The van der Waals surface area contributed by atoms with Crippen molar-refractivity contribution >= 4 is 28.9 Å². The van der Waals surface area contributed by atoms with Crippen molar-refractivity contribution in [2.24, 2.45) is 0 Å². The van der Waals surface area contributed by atoms with E-state index in [4.69, 9.17) is 22.7 Å². The molecule has 188 valence electrons. The number of carbonyl (C=O) groups is 1. The predicted molar refractivity (Wildman–Crippen MR) is 129 cm³/mol. The van der Waals surface area contributed by atoms with Gasteiger partial charge in [0.15, 0.2) is 11.3 Å². The number of piperazine rings is 1. The van der Waals surface area contributed by atoms with Crippen molar-refractivity contribution in [3.8, 4) is 12.3 Å². The number of amides is 1. The van der Waals surface area contributed by atoms with E-state index >= 15 is 0 Å². The summed E-state index contributed by atoms with van der Waals surface area (Å²) in [5, 5.41) is 18.1. The van der Waals surface area contributed by atoms with Crippen LogP contribution >= 0.6 is 12.2 Å². The van der Waals surface area contributed by atoms with Gasteiger partial charge in [0, 0.05) is 32.7 Å². The number of benzene rings is 1. The molecule has 0 unspecified atom stereocenters. The fourth-order valence-corrected chi connectivity index (χ4v) is 4.98. The van der Waals surface area contributed by atoms with Gasteiger partial charge in [-0.25, -0.2) is 0 Å². The zero-order valence-electron chi connectivity index (χ0n) is 19.9. The zero-order chi connectivity index (χ0) is 25.8. The third-order valence-electron chi connectivity index (χ3n) is 6.63. The van der Waals surface area contributed by atoms with Crippen molar-refractivity contribution < 1.29 is 18.0 Å². The number of hydrogen-bond acceptors (Lipinski definition) is 6. The van der Waals surface area contributed by atoms with Crippen molar-refractivity contribution in [2.75, 3.05) is 44.2 Å². The largest absolute Gasteiger partial charge is 0.417 e. The second-order valence-corrected chi connectivity index (χ2v) is 9.68. The summed E-state index contributed by atoms with van der Waals surface area (Å²) in [6.45, 7) is 8.28. The van der Waals surface area contributed by atoms with Gasteiger partial charge in [-0.2, -0.15) is 23.7 Å². The van der Waals surface area contributed by atoms with Crippen molar-refractivity contribution in [2.45, 2.75) is 51.2 Å². The highest BCUT2D eigenvalue weighted by atomic mass is 32.1. The number of unbranched alkanes of at least 4 members (excludes halogenated alkanes) is 3. The Kier molecular flexibility index (Phi) is 8.24. The number of halogens is 3. The Labute approximate surface area is 209 Å². The highest BCUT2D eigenvalue weighted by Crippen LogP contribution is 2.38. The highest BCUT2D eigenvalue weighted by Gasteiger charge is 2.49. The zero-order valence-corrected chi connectivity index (χ0v) is 20.8. The first-order valence-electron chi connectivity index (χ1n) is 11.6. The normalized spacial score (nSPS) is 18.7. The molecule has 2 fully saturated rings. The average molecular weight is 507 g/mol. The Balaban J connectivity index is 1.56. The molecule has 35 heavy (non-hydrogen) atoms. The van der Waals surface area contributed by atoms with E-state index in [1.165, 1.54) is 6.07 Å². The summed E-state index contributed by atoms with van der Waals surface area (Å²) in [6.07, 6.45) is 1.25. The van der Waals surface area contributed by atoms with Crippen LogP contribution < -0.4 is 4.90 Å². The maximum Gasteiger partial charge on any atom is 0.417 e. The van der Waals surface area contributed by atoms with Crippen LogP contribution in [0.4, 0.5) is 18.9 Å². The van der Waals surface area contributed by atoms with Crippen molar-refractivity contribution in [3.63, 3.8) is 0 Å². The van der Waals surface area contributed by atoms with Gasteiger partial charge in [0.25, 0.3) is 5.91 Å². The van der Waals surface area contributed by atoms with Gasteiger partial charge in [-0.15, -0.1) is 0 Å². The van der Waals surface area contributed by atoms with Crippen LogP contribution in [0, 0.1) is 22.8 Å². The summed E-state index contributed by atoms with van der Waals surface area (Å²) in [7, 11) is 0. The molecule has 0 saturated carbocycles. The fraction of sp³-hybridized carbons (Fsp3) is 0.583. The van der Waals surface area contributed by atoms with Crippen LogP contribution in [-0.4, -0.2) is 70.5 Å². The number of nitriles is 2. The van der Waals surface area contributed by atoms with Gasteiger partial charge < -0.3 is 9.80 Å². The number of hydrogen-bond donors (Lipinski definition) is 0. The Morgan fingerprint density at radius 3 is 2.23 bits per heavy atom. The highest BCUT2D eigenvalue weighted by molar-refractivity contribution is 7.80. The number of rotatable bonds is 8. The first kappa shape index (κ1) is 26.7. The number of carbonyl (C=O) groups excluding carboxylic acids is 1. The van der Waals surface area contributed by atoms with Crippen LogP contribution in [0.1, 0.15) is 50.7 Å². The van der Waals surface area contributed by atoms with Crippen LogP contribution in [0.3, 0.4) is 0 Å². The second-order valence-electron chi connectivity index (χ2n) is 9.32. The number of alkyl halides is 3. The average Bonchev–Trinajstić information content (AvgIpc) is 2.99. The molecule has 2 aliphatic heterocycles. The molecule has 11 heteroatoms. The molecule has 1 aromatic rings. The molecule has 2 saturated heterocycles. The summed E-state index contributed by atoms with van der Waals surface area (Å²) >= 11 is 5.52. The molecule has 0 aromatic heterocycles. The predicted octanol–water partition coefficient (Wildman–Crippen LogP) is 3.95. The third kappa shape index (κ3) is 5.85. The van der Waals surface area contributed by atoms with E-state index in [0.717, 1.165) is 75.4 Å². The van der Waals surface area contributed by atoms with Gasteiger partial charge >= 0.3 is 6.18 Å². The standard InChI is InChI=1S/C24H29F3N6OS/c1-23(2)21(34)33(19-8-7-18(16-28)20(15-19)24(25,26)27)22(35)32(23)10-6-4-3-5-9-30-11-13-31(17-29)14-12-30/h7-8,15H,3-6,9-14H2,1-2H3. The van der Waals surface area contributed by atoms with E-state index in [1.54, 1.807) is 29.7 Å². The van der Waals surface area contributed by atoms with E-state index in [1.807, 2.05) is 0 Å². The molecule has 0 atom stereocenters. The maximum absolute atomic E-state index is 13.4. The molecule has 1 aromatic carbocycles. The van der Waals surface area contributed by atoms with E-state index in [-0.39, 0.29) is 10.8 Å². The van der Waals surface area contributed by atoms with Crippen LogP contribution in [0.15, 0.2) is 18.2 Å². The molecule has 0 bridgehead atoms. The number of nitrogens with zero attached hydrogens (tertiary/aromatic N) is 6. The minimum Gasteiger partial charge on any atom is -0.334 e. The van der Waals surface area contributed by atoms with Gasteiger partial charge in [0.2, 0.25) is 0 Å². The Bertz CT molecular complexity index is 1040. The monoisotopic (exact) mass is 506 g/mol. The first-order chi connectivity index (χ1) is 16.5. The topological polar surface area (TPSA) is 77.6 Å². The second kappa shape index (κ2) is 10.8. The van der Waals surface area contributed by atoms with Crippen molar-refractivity contribution in [1.82, 2.24) is 14.7 Å². The molecule has 0 N–H and O–H groups in total. The maximum atomic E-state index is 13.4. The lowest BCUT2D eigenvalue weighted by atomic mass is 10.0. The molecule has 2 aliphatic rings. The lowest BCUT2D eigenvalue weighted by molar-refractivity contribution is -0.137. The summed E-state index contributed by atoms with van der Waals surface area (Å²) in [4.78, 5) is 20.2. The third-order valence-corrected chi connectivity index (χ3v) is 7.03. The molecule has 7 nitrogen and oxygen atoms in total. The number of thiocarbonyl (C=S) groups is 1. The summed E-state index contributed by atoms with van der Waals surface area (Å²) in [5.41, 5.74) is -2.55. The lowest BCUT2D eigenvalue weighted by Gasteiger charge is -2.31. The van der Waals surface area contributed by atoms with E-state index in [0.29, 0.717) is 6.54 Å². The van der Waals surface area contributed by atoms with E-state index < -0.39 is 28.7 Å². The summed E-state index contributed by atoms with van der Waals surface area (Å²) in [5.74, 6) is -0.392. The van der Waals surface area contributed by atoms with Crippen molar-refractivity contribution in [3.05, 3.63) is 29.3 Å². The number of anilines is 1. The van der Waals surface area contributed by atoms with E-state index in [2.05, 4.69) is 11.1 Å². The molecule has 0 aliphatic carbocycles. The van der Waals surface area contributed by atoms with Gasteiger partial charge in [-0.1, -0.05) is 12.8 Å². The van der Waals surface area contributed by atoms with Gasteiger partial charge in [0.1, 0.15) is 5.54 Å². The van der Waals surface area contributed by atoms with Gasteiger partial charge in [-0.3, -0.25) is 14.6 Å². The SMILES string of the molecule is CC1(C)C(=O)N(c2ccc(C#N)c(C(F)(F)F)c2)C(=S)N1CCCCCCN1CCN(C#N)CC1. The quantitative estimate of drug-likeness (QED) is 0.300. The van der Waals surface area contributed by atoms with Crippen LogP contribution in [0.5, 0.6) is 0 Å². The molecule has 2 heterocycles. The molecular formula is C24H29F3N6OS. The summed E-state index contributed by atoms with van der Waals surface area (Å²) in [6, 6.07) is 4.77. The lowest BCUT2D eigenvalue weighted by Crippen LogP contribution is -2.44. The molecule has 0 spiro atoms. The molecule has 3 rings (SSSR count).